The fourth-order valence-electron chi connectivity index (χ4n) is 2.40. The number of carbonyl (C=O) groups is 1. The quantitative estimate of drug-likeness (QED) is 0.632. The molecule has 0 spiro atoms. The van der Waals surface area contributed by atoms with Crippen LogP contribution in [0, 0.1) is 17.8 Å². The van der Waals surface area contributed by atoms with E-state index in [-0.39, 0.29) is 5.92 Å². The third-order valence-corrected chi connectivity index (χ3v) is 3.24. The molecule has 2 rings (SSSR count). The fourth-order valence-corrected chi connectivity index (χ4v) is 2.40. The van der Waals surface area contributed by atoms with Gasteiger partial charge in [-0.3, -0.25) is 0 Å². The Balaban J connectivity index is 1.87. The van der Waals surface area contributed by atoms with Crippen LogP contribution in [0.4, 0.5) is 0 Å². The molecule has 0 aliphatic carbocycles. The standard InChI is InChI=1S/C10H17NO2/c12-6-8-3-10(5-11-4-8)9-1-2-13-7-9/h6,8-11H,1-5,7H2. The molecule has 2 heterocycles. The molecule has 0 aromatic rings. The minimum Gasteiger partial charge on any atom is -0.381 e. The van der Waals surface area contributed by atoms with Crippen LogP contribution < -0.4 is 5.32 Å². The maximum atomic E-state index is 10.6. The van der Waals surface area contributed by atoms with Crippen LogP contribution in [-0.2, 0) is 9.53 Å². The number of rotatable bonds is 2. The summed E-state index contributed by atoms with van der Waals surface area (Å²) in [5.74, 6) is 1.58. The summed E-state index contributed by atoms with van der Waals surface area (Å²) in [6.07, 6.45) is 3.33. The van der Waals surface area contributed by atoms with Gasteiger partial charge in [0.25, 0.3) is 0 Å². The van der Waals surface area contributed by atoms with Crippen molar-refractivity contribution >= 4 is 6.29 Å². The van der Waals surface area contributed by atoms with Crippen molar-refractivity contribution in [3.63, 3.8) is 0 Å². The zero-order valence-corrected chi connectivity index (χ0v) is 7.87. The summed E-state index contributed by atoms with van der Waals surface area (Å²) in [6, 6.07) is 0. The second-order valence-corrected chi connectivity index (χ2v) is 4.17. The topological polar surface area (TPSA) is 38.3 Å². The van der Waals surface area contributed by atoms with Gasteiger partial charge in [0.1, 0.15) is 6.29 Å². The Hall–Kier alpha value is -0.410. The summed E-state index contributed by atoms with van der Waals surface area (Å²) in [6.45, 7) is 3.75. The van der Waals surface area contributed by atoms with Crippen molar-refractivity contribution in [1.29, 1.82) is 0 Å². The van der Waals surface area contributed by atoms with E-state index in [1.807, 2.05) is 0 Å². The molecule has 0 radical (unpaired) electrons. The predicted octanol–water partition coefficient (Wildman–Crippen LogP) is 0.447. The van der Waals surface area contributed by atoms with Gasteiger partial charge in [-0.2, -0.15) is 0 Å². The summed E-state index contributed by atoms with van der Waals surface area (Å²) in [4.78, 5) is 10.6. The molecule has 0 aromatic carbocycles. The van der Waals surface area contributed by atoms with E-state index < -0.39 is 0 Å². The molecule has 1 N–H and O–H groups in total. The van der Waals surface area contributed by atoms with Crippen LogP contribution in [0.2, 0.25) is 0 Å². The average Bonchev–Trinajstić information content (AvgIpc) is 2.71. The van der Waals surface area contributed by atoms with E-state index in [1.165, 1.54) is 6.42 Å². The summed E-state index contributed by atoms with van der Waals surface area (Å²) < 4.78 is 5.36. The molecule has 74 valence electrons. The first-order valence-electron chi connectivity index (χ1n) is 5.14. The maximum absolute atomic E-state index is 10.6. The Bertz CT molecular complexity index is 178. The van der Waals surface area contributed by atoms with Gasteiger partial charge in [0.2, 0.25) is 0 Å². The number of nitrogens with one attached hydrogen (secondary N) is 1. The molecule has 0 saturated carbocycles. The van der Waals surface area contributed by atoms with Crippen molar-refractivity contribution in [3.05, 3.63) is 0 Å². The average molecular weight is 183 g/mol. The zero-order chi connectivity index (χ0) is 9.10. The van der Waals surface area contributed by atoms with Gasteiger partial charge >= 0.3 is 0 Å². The highest BCUT2D eigenvalue weighted by molar-refractivity contribution is 5.54. The molecule has 3 unspecified atom stereocenters. The summed E-state index contributed by atoms with van der Waals surface area (Å²) in [5, 5.41) is 3.33. The second-order valence-electron chi connectivity index (χ2n) is 4.17. The summed E-state index contributed by atoms with van der Waals surface area (Å²) in [7, 11) is 0. The predicted molar refractivity (Wildman–Crippen MR) is 49.5 cm³/mol. The first kappa shape index (κ1) is 9.16. The van der Waals surface area contributed by atoms with Crippen molar-refractivity contribution in [1.82, 2.24) is 5.32 Å². The lowest BCUT2D eigenvalue weighted by atomic mass is 9.82. The molecule has 2 saturated heterocycles. The van der Waals surface area contributed by atoms with Crippen molar-refractivity contribution in [3.8, 4) is 0 Å². The highest BCUT2D eigenvalue weighted by Crippen LogP contribution is 2.28. The molecule has 3 atom stereocenters. The van der Waals surface area contributed by atoms with Crippen LogP contribution in [0.5, 0.6) is 0 Å². The Morgan fingerprint density at radius 1 is 1.31 bits per heavy atom. The molecule has 0 bridgehead atoms. The van der Waals surface area contributed by atoms with Gasteiger partial charge in [-0.15, -0.1) is 0 Å². The van der Waals surface area contributed by atoms with Gasteiger partial charge in [0, 0.05) is 25.7 Å². The number of hydrogen-bond acceptors (Lipinski definition) is 3. The maximum Gasteiger partial charge on any atom is 0.124 e. The van der Waals surface area contributed by atoms with E-state index >= 15 is 0 Å². The monoisotopic (exact) mass is 183 g/mol. The van der Waals surface area contributed by atoms with Gasteiger partial charge in [0.15, 0.2) is 0 Å². The van der Waals surface area contributed by atoms with Gasteiger partial charge < -0.3 is 14.8 Å². The number of ether oxygens (including phenoxy) is 1. The van der Waals surface area contributed by atoms with E-state index in [0.717, 1.165) is 39.0 Å². The van der Waals surface area contributed by atoms with Gasteiger partial charge in [-0.25, -0.2) is 0 Å². The first-order chi connectivity index (χ1) is 6.40. The van der Waals surface area contributed by atoms with Crippen LogP contribution in [0.25, 0.3) is 0 Å². The highest BCUT2D eigenvalue weighted by atomic mass is 16.5. The molecule has 2 fully saturated rings. The molecule has 3 nitrogen and oxygen atoms in total. The van der Waals surface area contributed by atoms with E-state index in [9.17, 15) is 4.79 Å². The van der Waals surface area contributed by atoms with E-state index in [2.05, 4.69) is 5.32 Å². The lowest BCUT2D eigenvalue weighted by molar-refractivity contribution is -0.112. The van der Waals surface area contributed by atoms with E-state index in [1.54, 1.807) is 0 Å². The number of hydrogen-bond donors (Lipinski definition) is 1. The lowest BCUT2D eigenvalue weighted by Crippen LogP contribution is -2.40. The largest absolute Gasteiger partial charge is 0.381 e. The fraction of sp³-hybridized carbons (Fsp3) is 0.900. The molecule has 0 aromatic heterocycles. The first-order valence-corrected chi connectivity index (χ1v) is 5.14. The summed E-state index contributed by atoms with van der Waals surface area (Å²) >= 11 is 0. The zero-order valence-electron chi connectivity index (χ0n) is 7.87. The molecule has 3 heteroatoms. The normalized spacial score (nSPS) is 40.5. The number of carbonyl (C=O) groups excluding carboxylic acids is 1. The number of piperidine rings is 1. The van der Waals surface area contributed by atoms with Gasteiger partial charge in [-0.1, -0.05) is 0 Å². The summed E-state index contributed by atoms with van der Waals surface area (Å²) in [5.41, 5.74) is 0. The molecular weight excluding hydrogens is 166 g/mol. The van der Waals surface area contributed by atoms with Gasteiger partial charge in [0.05, 0.1) is 0 Å². The van der Waals surface area contributed by atoms with Crippen LogP contribution in [0.1, 0.15) is 12.8 Å². The third-order valence-electron chi connectivity index (χ3n) is 3.24. The molecule has 13 heavy (non-hydrogen) atoms. The van der Waals surface area contributed by atoms with E-state index in [4.69, 9.17) is 4.74 Å². The highest BCUT2D eigenvalue weighted by Gasteiger charge is 2.30. The lowest BCUT2D eigenvalue weighted by Gasteiger charge is -2.30. The molecule has 2 aliphatic rings. The third kappa shape index (κ3) is 2.09. The Labute approximate surface area is 78.8 Å². The molecular formula is C10H17NO2. The Kier molecular flexibility index (Phi) is 2.96. The van der Waals surface area contributed by atoms with Gasteiger partial charge in [-0.05, 0) is 31.2 Å². The minimum absolute atomic E-state index is 0.236. The second kappa shape index (κ2) is 4.20. The van der Waals surface area contributed by atoms with Crippen molar-refractivity contribution in [2.45, 2.75) is 12.8 Å². The van der Waals surface area contributed by atoms with Crippen LogP contribution >= 0.6 is 0 Å². The number of aldehydes is 1. The Morgan fingerprint density at radius 2 is 2.23 bits per heavy atom. The molecule has 2 aliphatic heterocycles. The smallest absolute Gasteiger partial charge is 0.124 e. The van der Waals surface area contributed by atoms with Crippen LogP contribution in [-0.4, -0.2) is 32.6 Å². The van der Waals surface area contributed by atoms with Crippen molar-refractivity contribution in [2.24, 2.45) is 17.8 Å². The van der Waals surface area contributed by atoms with Crippen LogP contribution in [0.3, 0.4) is 0 Å². The SMILES string of the molecule is O=CC1CNCC(C2CCOC2)C1. The van der Waals surface area contributed by atoms with Crippen LogP contribution in [0.15, 0.2) is 0 Å². The Morgan fingerprint density at radius 3 is 2.92 bits per heavy atom. The van der Waals surface area contributed by atoms with Crippen molar-refractivity contribution in [2.75, 3.05) is 26.3 Å². The molecule has 0 amide bonds. The minimum atomic E-state index is 0.236. The van der Waals surface area contributed by atoms with E-state index in [0.29, 0.717) is 11.8 Å². The van der Waals surface area contributed by atoms with Crippen molar-refractivity contribution < 1.29 is 9.53 Å².